The number of nitriles is 2. The Morgan fingerprint density at radius 1 is 0.943 bits per heavy atom. The van der Waals surface area contributed by atoms with E-state index in [9.17, 15) is 0 Å². The monoisotopic (exact) mass is 498 g/mol. The van der Waals surface area contributed by atoms with E-state index in [0.717, 1.165) is 38.0 Å². The Morgan fingerprint density at radius 3 is 1.89 bits per heavy atom. The number of unbranched alkanes of at least 4 members (excludes halogenated alkanes) is 1. The topological polar surface area (TPSA) is 131 Å². The maximum atomic E-state index is 8.11. The Hall–Kier alpha value is -3.24. The van der Waals surface area contributed by atoms with Crippen LogP contribution in [0.4, 0.5) is 0 Å². The second-order valence-electron chi connectivity index (χ2n) is 6.80. The van der Waals surface area contributed by atoms with Gasteiger partial charge in [0.25, 0.3) is 13.3 Å². The molecule has 5 N–H and O–H groups in total. The van der Waals surface area contributed by atoms with Crippen molar-refractivity contribution in [1.82, 2.24) is 15.1 Å². The van der Waals surface area contributed by atoms with E-state index in [2.05, 4.69) is 41.8 Å². The zero-order valence-electron chi connectivity index (χ0n) is 20.1. The van der Waals surface area contributed by atoms with E-state index < -0.39 is 0 Å². The van der Waals surface area contributed by atoms with Crippen molar-refractivity contribution in [1.29, 1.82) is 10.5 Å². The number of hydrogen-bond donors (Lipinski definition) is 3. The first-order valence-corrected chi connectivity index (χ1v) is 11.6. The summed E-state index contributed by atoms with van der Waals surface area (Å²) in [7, 11) is 0. The summed E-state index contributed by atoms with van der Waals surface area (Å²) in [6, 6.07) is 13.8. The Kier molecular flexibility index (Phi) is 26.2. The van der Waals surface area contributed by atoms with Gasteiger partial charge in [-0.25, -0.2) is 29.5 Å². The quantitative estimate of drug-likeness (QED) is 0.206. The molecule has 1 aromatic rings. The van der Waals surface area contributed by atoms with Gasteiger partial charge in [0.2, 0.25) is 6.54 Å². The molecule has 1 saturated heterocycles. The van der Waals surface area contributed by atoms with Gasteiger partial charge in [-0.05, 0) is 18.5 Å². The van der Waals surface area contributed by atoms with E-state index in [4.69, 9.17) is 53.3 Å². The maximum absolute atomic E-state index is 8.11. The minimum atomic E-state index is 0.0828. The van der Waals surface area contributed by atoms with Gasteiger partial charge in [-0.3, -0.25) is 9.69 Å². The van der Waals surface area contributed by atoms with Crippen molar-refractivity contribution in [3.8, 4) is 12.1 Å². The number of nitrogens with one attached hydrogen (secondary N) is 1. The third-order valence-electron chi connectivity index (χ3n) is 4.27. The number of alkyl halides is 1. The molecule has 1 aliphatic rings. The predicted molar refractivity (Wildman–Crippen MR) is 139 cm³/mol. The molecule has 0 aromatic heterocycles. The van der Waals surface area contributed by atoms with Crippen molar-refractivity contribution in [2.75, 3.05) is 65.0 Å². The fourth-order valence-electron chi connectivity index (χ4n) is 2.84. The molecule has 1 heterocycles. The van der Waals surface area contributed by atoms with Gasteiger partial charge in [-0.15, -0.1) is 11.6 Å². The van der Waals surface area contributed by atoms with Crippen LogP contribution in [0.25, 0.3) is 14.5 Å². The minimum absolute atomic E-state index is 0.0828. The van der Waals surface area contributed by atoms with E-state index in [-0.39, 0.29) is 12.0 Å². The van der Waals surface area contributed by atoms with Crippen LogP contribution < -0.4 is 16.8 Å². The Bertz CT molecular complexity index is 786. The van der Waals surface area contributed by atoms with Crippen molar-refractivity contribution in [2.45, 2.75) is 19.0 Å². The molecule has 0 unspecified atom stereocenters. The number of nitrogens with zero attached hydrogens (tertiary/aromatic N) is 7. The molecule has 11 heteroatoms. The van der Waals surface area contributed by atoms with Gasteiger partial charge >= 0.3 is 0 Å². The molecule has 0 amide bonds. The molecular formula is C24H35ClN10. The standard InChI is InChI=1S/C13H14N4.C7H11N3.C2H2ClN.C2H8N2/c1-14-10-16-8-9-17(11-15-2)13(16)12-6-4-3-5-7-12;1-9-5-2-3-6-10-7-4-8;2*3-1-2-4/h3-7,13H,8-11H2;10H,2-3,5-7H2;1H2;1-4H2. The smallest absolute Gasteiger partial charge is 0.272 e. The fourth-order valence-corrected chi connectivity index (χ4v) is 2.84. The Balaban J connectivity index is 0. The lowest BCUT2D eigenvalue weighted by molar-refractivity contribution is 0.159. The highest BCUT2D eigenvalue weighted by Gasteiger charge is 2.35. The summed E-state index contributed by atoms with van der Waals surface area (Å²) in [5, 5.41) is 18.5. The molecule has 2 rings (SSSR count). The van der Waals surface area contributed by atoms with E-state index in [1.165, 1.54) is 0 Å². The summed E-state index contributed by atoms with van der Waals surface area (Å²) in [6.07, 6.45) is 2.01. The minimum Gasteiger partial charge on any atom is -0.329 e. The van der Waals surface area contributed by atoms with E-state index in [1.807, 2.05) is 24.3 Å². The van der Waals surface area contributed by atoms with Crippen molar-refractivity contribution in [3.63, 3.8) is 0 Å². The van der Waals surface area contributed by atoms with Gasteiger partial charge in [0.1, 0.15) is 12.0 Å². The number of hydrogen-bond acceptors (Lipinski definition) is 7. The molecule has 0 saturated carbocycles. The number of halogens is 1. The lowest BCUT2D eigenvalue weighted by Crippen LogP contribution is -2.30. The van der Waals surface area contributed by atoms with Gasteiger partial charge in [0.15, 0.2) is 0 Å². The van der Waals surface area contributed by atoms with E-state index in [0.29, 0.717) is 39.5 Å². The molecule has 0 aliphatic carbocycles. The summed E-state index contributed by atoms with van der Waals surface area (Å²) in [5.41, 5.74) is 11.0. The lowest BCUT2D eigenvalue weighted by Gasteiger charge is -2.24. The van der Waals surface area contributed by atoms with Crippen LogP contribution in [0.15, 0.2) is 30.3 Å². The summed E-state index contributed by atoms with van der Waals surface area (Å²) in [5.74, 6) is 0.0972. The Morgan fingerprint density at radius 2 is 1.49 bits per heavy atom. The first kappa shape index (κ1) is 33.9. The van der Waals surface area contributed by atoms with Crippen LogP contribution in [0.1, 0.15) is 24.6 Å². The fraction of sp³-hybridized carbons (Fsp3) is 0.542. The van der Waals surface area contributed by atoms with Crippen LogP contribution in [-0.4, -0.2) is 74.8 Å². The van der Waals surface area contributed by atoms with Crippen LogP contribution in [0.5, 0.6) is 0 Å². The van der Waals surface area contributed by atoms with Crippen LogP contribution in [-0.2, 0) is 0 Å². The molecule has 1 fully saturated rings. The average molecular weight is 499 g/mol. The highest BCUT2D eigenvalue weighted by molar-refractivity contribution is 6.19. The molecule has 0 bridgehead atoms. The number of benzene rings is 1. The third kappa shape index (κ3) is 18.8. The summed E-state index contributed by atoms with van der Waals surface area (Å²) in [4.78, 5) is 14.4. The van der Waals surface area contributed by atoms with Crippen molar-refractivity contribution < 1.29 is 0 Å². The molecule has 0 spiro atoms. The molecule has 10 nitrogen and oxygen atoms in total. The lowest BCUT2D eigenvalue weighted by atomic mass is 10.1. The van der Waals surface area contributed by atoms with Crippen LogP contribution in [0, 0.1) is 42.4 Å². The first-order valence-electron chi connectivity index (χ1n) is 11.0. The molecule has 35 heavy (non-hydrogen) atoms. The van der Waals surface area contributed by atoms with Crippen molar-refractivity contribution in [3.05, 3.63) is 70.1 Å². The van der Waals surface area contributed by atoms with Crippen molar-refractivity contribution >= 4 is 11.6 Å². The van der Waals surface area contributed by atoms with Gasteiger partial charge in [0.05, 0.1) is 18.7 Å². The van der Waals surface area contributed by atoms with E-state index >= 15 is 0 Å². The number of rotatable bonds is 9. The van der Waals surface area contributed by atoms with Gasteiger partial charge < -0.3 is 21.6 Å². The molecular weight excluding hydrogens is 464 g/mol. The molecule has 1 aromatic carbocycles. The molecule has 0 radical (unpaired) electrons. The zero-order chi connectivity index (χ0) is 26.6. The van der Waals surface area contributed by atoms with Crippen molar-refractivity contribution in [2.24, 2.45) is 11.5 Å². The molecule has 1 aliphatic heterocycles. The van der Waals surface area contributed by atoms with E-state index in [1.54, 1.807) is 6.07 Å². The molecule has 188 valence electrons. The van der Waals surface area contributed by atoms with Crippen LogP contribution in [0.2, 0.25) is 0 Å². The zero-order valence-corrected chi connectivity index (χ0v) is 20.9. The first-order chi connectivity index (χ1) is 17.1. The number of nitrogens with two attached hydrogens (primary N) is 2. The van der Waals surface area contributed by atoms with Crippen LogP contribution >= 0.6 is 11.6 Å². The van der Waals surface area contributed by atoms with Gasteiger partial charge in [0, 0.05) is 32.6 Å². The van der Waals surface area contributed by atoms with Gasteiger partial charge in [-0.2, -0.15) is 10.5 Å². The largest absolute Gasteiger partial charge is 0.329 e. The highest BCUT2D eigenvalue weighted by Crippen LogP contribution is 2.29. The predicted octanol–water partition coefficient (Wildman–Crippen LogP) is 2.51. The highest BCUT2D eigenvalue weighted by atomic mass is 35.5. The maximum Gasteiger partial charge on any atom is 0.272 e. The molecule has 0 atom stereocenters. The summed E-state index contributed by atoms with van der Waals surface area (Å²) < 4.78 is 0. The Labute approximate surface area is 215 Å². The van der Waals surface area contributed by atoms with Crippen LogP contribution in [0.3, 0.4) is 0 Å². The SMILES string of the molecule is N#CCCl.NCCN.[C-]#[N+]CCCCNCC#N.[C-]#[N+]CN1CCN(C[N+]#[C-])C1c1ccccc1. The second kappa shape index (κ2) is 27.0. The summed E-state index contributed by atoms with van der Waals surface area (Å²) >= 11 is 4.82. The van der Waals surface area contributed by atoms with Gasteiger partial charge in [-0.1, -0.05) is 30.3 Å². The summed E-state index contributed by atoms with van der Waals surface area (Å²) in [6.45, 7) is 26.0. The normalized spacial score (nSPS) is 12.4. The third-order valence-corrected chi connectivity index (χ3v) is 4.39. The second-order valence-corrected chi connectivity index (χ2v) is 7.07. The average Bonchev–Trinajstić information content (AvgIpc) is 3.30.